The van der Waals surface area contributed by atoms with Crippen molar-refractivity contribution in [2.45, 2.75) is 20.4 Å². The van der Waals surface area contributed by atoms with Crippen LogP contribution in [0.4, 0.5) is 0 Å². The smallest absolute Gasteiger partial charge is 0.195 e. The van der Waals surface area contributed by atoms with E-state index in [0.29, 0.717) is 6.54 Å². The zero-order valence-electron chi connectivity index (χ0n) is 8.77. The molecule has 0 spiro atoms. The lowest BCUT2D eigenvalue weighted by Gasteiger charge is -2.07. The van der Waals surface area contributed by atoms with Crippen molar-refractivity contribution in [3.8, 4) is 0 Å². The molecule has 82 valence electrons. The van der Waals surface area contributed by atoms with Crippen molar-refractivity contribution in [2.24, 2.45) is 5.73 Å². The molecule has 0 saturated carbocycles. The van der Waals surface area contributed by atoms with Crippen LogP contribution in [0.2, 0.25) is 0 Å². The first-order valence-corrected chi connectivity index (χ1v) is 4.48. The van der Waals surface area contributed by atoms with Gasteiger partial charge in [0.1, 0.15) is 11.5 Å². The lowest BCUT2D eigenvalue weighted by atomic mass is 10.2. The van der Waals surface area contributed by atoms with Gasteiger partial charge in [-0.1, -0.05) is 0 Å². The first-order valence-electron chi connectivity index (χ1n) is 4.48. The third kappa shape index (κ3) is 3.34. The number of aryl methyl sites for hydroxylation is 2. The van der Waals surface area contributed by atoms with Crippen molar-refractivity contribution in [3.63, 3.8) is 0 Å². The fraction of sp³-hybridized carbons (Fsp3) is 0.333. The van der Waals surface area contributed by atoms with Crippen molar-refractivity contribution in [1.82, 2.24) is 10.6 Å². The summed E-state index contributed by atoms with van der Waals surface area (Å²) < 4.78 is 5.33. The predicted octanol–water partition coefficient (Wildman–Crippen LogP) is 0.404. The number of hydrogen-bond donors (Lipinski definition) is 5. The second-order valence-electron chi connectivity index (χ2n) is 3.21. The first-order chi connectivity index (χ1) is 6.99. The van der Waals surface area contributed by atoms with E-state index in [1.807, 2.05) is 19.9 Å². The van der Waals surface area contributed by atoms with Gasteiger partial charge in [0.25, 0.3) is 0 Å². The third-order valence-corrected chi connectivity index (χ3v) is 1.86. The Balaban J connectivity index is 2.47. The average molecular weight is 209 g/mol. The zero-order valence-corrected chi connectivity index (χ0v) is 8.77. The minimum absolute atomic E-state index is 0.000697. The van der Waals surface area contributed by atoms with Gasteiger partial charge in [-0.25, -0.2) is 0 Å². The second kappa shape index (κ2) is 4.50. The normalized spacial score (nSPS) is 9.73. The first kappa shape index (κ1) is 11.1. The maximum Gasteiger partial charge on any atom is 0.195 e. The topological polar surface area (TPSA) is 111 Å². The second-order valence-corrected chi connectivity index (χ2v) is 3.21. The lowest BCUT2D eigenvalue weighted by Crippen LogP contribution is -2.42. The number of furan rings is 1. The van der Waals surface area contributed by atoms with Crippen molar-refractivity contribution in [3.05, 3.63) is 23.2 Å². The zero-order chi connectivity index (χ0) is 11.4. The van der Waals surface area contributed by atoms with Gasteiger partial charge in [0.2, 0.25) is 0 Å². The molecule has 0 aliphatic carbocycles. The van der Waals surface area contributed by atoms with E-state index < -0.39 is 0 Å². The van der Waals surface area contributed by atoms with Crippen LogP contribution in [0, 0.1) is 24.7 Å². The van der Waals surface area contributed by atoms with Crippen molar-refractivity contribution in [2.75, 3.05) is 0 Å². The summed E-state index contributed by atoms with van der Waals surface area (Å²) in [5.74, 6) is 1.42. The van der Waals surface area contributed by atoms with E-state index in [4.69, 9.17) is 21.0 Å². The molecule has 1 heterocycles. The molecular weight excluding hydrogens is 194 g/mol. The van der Waals surface area contributed by atoms with Crippen LogP contribution in [0.5, 0.6) is 0 Å². The Morgan fingerprint density at radius 3 is 2.60 bits per heavy atom. The Morgan fingerprint density at radius 2 is 2.13 bits per heavy atom. The third-order valence-electron chi connectivity index (χ3n) is 1.86. The Morgan fingerprint density at radius 1 is 1.47 bits per heavy atom. The quantitative estimate of drug-likeness (QED) is 0.358. The van der Waals surface area contributed by atoms with Crippen LogP contribution in [0.1, 0.15) is 17.1 Å². The maximum atomic E-state index is 7.37. The van der Waals surface area contributed by atoms with E-state index in [1.165, 1.54) is 0 Å². The van der Waals surface area contributed by atoms with Crippen LogP contribution in [0.15, 0.2) is 10.5 Å². The number of guanidine groups is 2. The summed E-state index contributed by atoms with van der Waals surface area (Å²) in [6.07, 6.45) is 0. The average Bonchev–Trinajstić information content (AvgIpc) is 2.40. The van der Waals surface area contributed by atoms with Gasteiger partial charge in [0, 0.05) is 12.1 Å². The molecule has 0 atom stereocenters. The Labute approximate surface area is 87.9 Å². The summed E-state index contributed by atoms with van der Waals surface area (Å²) in [7, 11) is 0. The van der Waals surface area contributed by atoms with Crippen LogP contribution in [-0.2, 0) is 6.54 Å². The molecule has 0 aromatic carbocycles. The van der Waals surface area contributed by atoms with Crippen molar-refractivity contribution in [1.29, 1.82) is 10.8 Å². The van der Waals surface area contributed by atoms with Crippen LogP contribution in [0.3, 0.4) is 0 Å². The molecule has 15 heavy (non-hydrogen) atoms. The maximum absolute atomic E-state index is 7.37. The Kier molecular flexibility index (Phi) is 3.33. The van der Waals surface area contributed by atoms with Crippen LogP contribution >= 0.6 is 0 Å². The Hall–Kier alpha value is -1.98. The fourth-order valence-electron chi connectivity index (χ4n) is 1.22. The molecular formula is C9H15N5O. The number of nitrogens with one attached hydrogen (secondary N) is 4. The standard InChI is InChI=1S/C9H15N5O/c1-5-3-7(6(2)15-5)4-13-9(12)14-8(10)11/h3H,4H2,1-2H3,(H6,10,11,12,13,14). The molecule has 6 heteroatoms. The lowest BCUT2D eigenvalue weighted by molar-refractivity contribution is 0.500. The summed E-state index contributed by atoms with van der Waals surface area (Å²) in [5, 5.41) is 19.4. The minimum Gasteiger partial charge on any atom is -0.466 e. The molecule has 6 N–H and O–H groups in total. The van der Waals surface area contributed by atoms with Gasteiger partial charge < -0.3 is 15.5 Å². The monoisotopic (exact) mass is 209 g/mol. The van der Waals surface area contributed by atoms with Crippen molar-refractivity contribution >= 4 is 11.9 Å². The van der Waals surface area contributed by atoms with E-state index in [-0.39, 0.29) is 11.9 Å². The number of nitrogens with two attached hydrogens (primary N) is 1. The van der Waals surface area contributed by atoms with Crippen LogP contribution < -0.4 is 16.4 Å². The van der Waals surface area contributed by atoms with E-state index in [0.717, 1.165) is 17.1 Å². The van der Waals surface area contributed by atoms with Gasteiger partial charge in [-0.2, -0.15) is 0 Å². The number of rotatable bonds is 2. The molecule has 0 bridgehead atoms. The molecule has 0 unspecified atom stereocenters. The van der Waals surface area contributed by atoms with E-state index in [2.05, 4.69) is 10.6 Å². The molecule has 0 saturated heterocycles. The molecule has 1 aromatic heterocycles. The van der Waals surface area contributed by atoms with Crippen LogP contribution in [-0.4, -0.2) is 11.9 Å². The minimum atomic E-state index is -0.257. The SMILES string of the molecule is Cc1cc(CNC(=N)NC(=N)N)c(C)o1. The fourth-order valence-corrected chi connectivity index (χ4v) is 1.22. The van der Waals surface area contributed by atoms with Gasteiger partial charge in [-0.15, -0.1) is 0 Å². The van der Waals surface area contributed by atoms with E-state index in [1.54, 1.807) is 0 Å². The molecule has 0 aliphatic rings. The molecule has 1 aromatic rings. The van der Waals surface area contributed by atoms with Gasteiger partial charge >= 0.3 is 0 Å². The predicted molar refractivity (Wildman–Crippen MR) is 57.8 cm³/mol. The highest BCUT2D eigenvalue weighted by Gasteiger charge is 2.04. The van der Waals surface area contributed by atoms with E-state index in [9.17, 15) is 0 Å². The highest BCUT2D eigenvalue weighted by Crippen LogP contribution is 2.12. The molecule has 0 radical (unpaired) electrons. The van der Waals surface area contributed by atoms with Gasteiger partial charge in [0.15, 0.2) is 11.9 Å². The Bertz CT molecular complexity index is 382. The highest BCUT2D eigenvalue weighted by atomic mass is 16.3. The van der Waals surface area contributed by atoms with Gasteiger partial charge in [0.05, 0.1) is 0 Å². The van der Waals surface area contributed by atoms with E-state index >= 15 is 0 Å². The van der Waals surface area contributed by atoms with Gasteiger partial charge in [-0.05, 0) is 19.9 Å². The summed E-state index contributed by atoms with van der Waals surface area (Å²) >= 11 is 0. The molecule has 1 rings (SSSR count). The van der Waals surface area contributed by atoms with Crippen LogP contribution in [0.25, 0.3) is 0 Å². The number of hydrogen-bond acceptors (Lipinski definition) is 3. The molecule has 0 fully saturated rings. The van der Waals surface area contributed by atoms with Gasteiger partial charge in [-0.3, -0.25) is 16.1 Å². The molecule has 0 aliphatic heterocycles. The summed E-state index contributed by atoms with van der Waals surface area (Å²) in [4.78, 5) is 0. The summed E-state index contributed by atoms with van der Waals surface area (Å²) in [5.41, 5.74) is 6.06. The largest absolute Gasteiger partial charge is 0.466 e. The molecule has 6 nitrogen and oxygen atoms in total. The summed E-state index contributed by atoms with van der Waals surface area (Å²) in [6.45, 7) is 4.21. The highest BCUT2D eigenvalue weighted by molar-refractivity contribution is 5.94. The summed E-state index contributed by atoms with van der Waals surface area (Å²) in [6, 6.07) is 1.91. The van der Waals surface area contributed by atoms with Crippen molar-refractivity contribution < 1.29 is 4.42 Å². The molecule has 0 amide bonds.